The number of benzene rings is 2. The quantitative estimate of drug-likeness (QED) is 0.787. The minimum atomic E-state index is -3.52. The molecule has 0 bridgehead atoms. The Labute approximate surface area is 135 Å². The molecular formula is C17H15NO4S. The summed E-state index contributed by atoms with van der Waals surface area (Å²) >= 11 is 0. The molecule has 23 heavy (non-hydrogen) atoms. The fourth-order valence-electron chi connectivity index (χ4n) is 2.04. The van der Waals surface area contributed by atoms with Gasteiger partial charge in [0.2, 0.25) is 0 Å². The van der Waals surface area contributed by atoms with Crippen LogP contribution in [0.4, 0.5) is 0 Å². The number of sulfone groups is 1. The Balaban J connectivity index is 2.25. The SMILES string of the molecule is CCS(=O)(=O)c1ccccc1C(=O)OCc1ccccc1C#N. The van der Waals surface area contributed by atoms with E-state index in [-0.39, 0.29) is 22.8 Å². The molecule has 0 saturated carbocycles. The van der Waals surface area contributed by atoms with Crippen LogP contribution < -0.4 is 0 Å². The third kappa shape index (κ3) is 3.76. The van der Waals surface area contributed by atoms with E-state index in [1.807, 2.05) is 6.07 Å². The van der Waals surface area contributed by atoms with Gasteiger partial charge in [-0.15, -0.1) is 0 Å². The first-order valence-electron chi connectivity index (χ1n) is 6.96. The van der Waals surface area contributed by atoms with Gasteiger partial charge in [0.25, 0.3) is 0 Å². The standard InChI is InChI=1S/C17H15NO4S/c1-2-23(20,21)16-10-6-5-9-15(16)17(19)22-12-14-8-4-3-7-13(14)11-18/h3-10H,2,12H2,1H3. The predicted molar refractivity (Wildman–Crippen MR) is 84.4 cm³/mol. The molecule has 0 aliphatic carbocycles. The zero-order valence-electron chi connectivity index (χ0n) is 12.5. The van der Waals surface area contributed by atoms with E-state index in [1.165, 1.54) is 19.1 Å². The van der Waals surface area contributed by atoms with Crippen molar-refractivity contribution in [1.29, 1.82) is 5.26 Å². The molecule has 0 heterocycles. The summed E-state index contributed by atoms with van der Waals surface area (Å²) in [6.45, 7) is 1.42. The topological polar surface area (TPSA) is 84.2 Å². The average Bonchev–Trinajstić information content (AvgIpc) is 2.59. The van der Waals surface area contributed by atoms with Gasteiger partial charge in [0.15, 0.2) is 9.84 Å². The van der Waals surface area contributed by atoms with Crippen LogP contribution in [0.25, 0.3) is 0 Å². The Morgan fingerprint density at radius 2 is 1.78 bits per heavy atom. The number of hydrogen-bond donors (Lipinski definition) is 0. The second-order valence-corrected chi connectivity index (χ2v) is 6.99. The Morgan fingerprint density at radius 1 is 1.13 bits per heavy atom. The lowest BCUT2D eigenvalue weighted by molar-refractivity contribution is 0.0468. The summed E-state index contributed by atoms with van der Waals surface area (Å²) in [7, 11) is -3.52. The summed E-state index contributed by atoms with van der Waals surface area (Å²) in [5.41, 5.74) is 0.984. The van der Waals surface area contributed by atoms with Crippen LogP contribution in [0, 0.1) is 11.3 Å². The van der Waals surface area contributed by atoms with Crippen molar-refractivity contribution >= 4 is 15.8 Å². The van der Waals surface area contributed by atoms with Crippen LogP contribution in [0.3, 0.4) is 0 Å². The molecule has 0 unspecified atom stereocenters. The number of carbonyl (C=O) groups is 1. The Hall–Kier alpha value is -2.65. The number of esters is 1. The fraction of sp³-hybridized carbons (Fsp3) is 0.176. The lowest BCUT2D eigenvalue weighted by atomic mass is 10.1. The molecule has 0 aliphatic rings. The van der Waals surface area contributed by atoms with Gasteiger partial charge >= 0.3 is 5.97 Å². The van der Waals surface area contributed by atoms with E-state index in [0.29, 0.717) is 11.1 Å². The van der Waals surface area contributed by atoms with Gasteiger partial charge in [-0.3, -0.25) is 0 Å². The maximum absolute atomic E-state index is 12.2. The van der Waals surface area contributed by atoms with Crippen molar-refractivity contribution in [2.45, 2.75) is 18.4 Å². The molecule has 0 saturated heterocycles. The monoisotopic (exact) mass is 329 g/mol. The van der Waals surface area contributed by atoms with E-state index in [1.54, 1.807) is 36.4 Å². The van der Waals surface area contributed by atoms with E-state index in [4.69, 9.17) is 10.00 Å². The van der Waals surface area contributed by atoms with Gasteiger partial charge in [-0.1, -0.05) is 37.3 Å². The molecule has 0 N–H and O–H groups in total. The summed E-state index contributed by atoms with van der Waals surface area (Å²) in [5.74, 6) is -0.834. The van der Waals surface area contributed by atoms with E-state index in [2.05, 4.69) is 0 Å². The maximum Gasteiger partial charge on any atom is 0.339 e. The molecule has 0 spiro atoms. The van der Waals surface area contributed by atoms with Crippen LogP contribution in [0.2, 0.25) is 0 Å². The van der Waals surface area contributed by atoms with Gasteiger partial charge in [0.1, 0.15) is 6.61 Å². The average molecular weight is 329 g/mol. The number of hydrogen-bond acceptors (Lipinski definition) is 5. The van der Waals surface area contributed by atoms with E-state index < -0.39 is 15.8 Å². The van der Waals surface area contributed by atoms with Crippen molar-refractivity contribution in [2.75, 3.05) is 5.75 Å². The highest BCUT2D eigenvalue weighted by Gasteiger charge is 2.21. The number of nitriles is 1. The molecule has 0 aromatic heterocycles. The second-order valence-electron chi connectivity index (χ2n) is 4.74. The molecule has 118 valence electrons. The summed E-state index contributed by atoms with van der Waals surface area (Å²) in [4.78, 5) is 12.2. The van der Waals surface area contributed by atoms with Crippen molar-refractivity contribution in [3.63, 3.8) is 0 Å². The second kappa shape index (κ2) is 7.07. The molecule has 2 aromatic rings. The van der Waals surface area contributed by atoms with Gasteiger partial charge in [-0.2, -0.15) is 5.26 Å². The van der Waals surface area contributed by atoms with Gasteiger partial charge in [-0.05, 0) is 18.2 Å². The zero-order valence-corrected chi connectivity index (χ0v) is 13.3. The first-order valence-corrected chi connectivity index (χ1v) is 8.61. The van der Waals surface area contributed by atoms with Crippen LogP contribution in [-0.4, -0.2) is 20.1 Å². The van der Waals surface area contributed by atoms with Gasteiger partial charge in [0.05, 0.1) is 27.8 Å². The number of rotatable bonds is 5. The first-order chi connectivity index (χ1) is 11.0. The van der Waals surface area contributed by atoms with E-state index in [9.17, 15) is 13.2 Å². The smallest absolute Gasteiger partial charge is 0.339 e. The van der Waals surface area contributed by atoms with Crippen LogP contribution >= 0.6 is 0 Å². The lowest BCUT2D eigenvalue weighted by Gasteiger charge is -2.10. The lowest BCUT2D eigenvalue weighted by Crippen LogP contribution is -2.13. The van der Waals surface area contributed by atoms with Crippen LogP contribution in [-0.2, 0) is 21.2 Å². The van der Waals surface area contributed by atoms with Crippen molar-refractivity contribution in [2.24, 2.45) is 0 Å². The Bertz CT molecular complexity index is 866. The maximum atomic E-state index is 12.2. The fourth-order valence-corrected chi connectivity index (χ4v) is 3.12. The predicted octanol–water partition coefficient (Wildman–Crippen LogP) is 2.71. The van der Waals surface area contributed by atoms with Gasteiger partial charge in [-0.25, -0.2) is 13.2 Å². The molecule has 0 radical (unpaired) electrons. The molecular weight excluding hydrogens is 314 g/mol. The molecule has 0 aliphatic heterocycles. The van der Waals surface area contributed by atoms with Crippen molar-refractivity contribution < 1.29 is 17.9 Å². The van der Waals surface area contributed by atoms with Crippen molar-refractivity contribution in [1.82, 2.24) is 0 Å². The van der Waals surface area contributed by atoms with Crippen LogP contribution in [0.5, 0.6) is 0 Å². The molecule has 0 amide bonds. The van der Waals surface area contributed by atoms with E-state index >= 15 is 0 Å². The largest absolute Gasteiger partial charge is 0.457 e. The number of carbonyl (C=O) groups excluding carboxylic acids is 1. The first kappa shape index (κ1) is 16.7. The minimum absolute atomic E-state index is 0.00351. The molecule has 0 fully saturated rings. The zero-order chi connectivity index (χ0) is 16.9. The van der Waals surface area contributed by atoms with Gasteiger partial charge in [0, 0.05) is 5.56 Å². The molecule has 6 heteroatoms. The number of nitrogens with zero attached hydrogens (tertiary/aromatic N) is 1. The molecule has 2 aromatic carbocycles. The molecule has 5 nitrogen and oxygen atoms in total. The third-order valence-electron chi connectivity index (χ3n) is 3.32. The summed E-state index contributed by atoms with van der Waals surface area (Å²) in [6, 6.07) is 14.7. The normalized spacial score (nSPS) is 10.8. The highest BCUT2D eigenvalue weighted by Crippen LogP contribution is 2.19. The molecule has 2 rings (SSSR count). The highest BCUT2D eigenvalue weighted by atomic mass is 32.2. The summed E-state index contributed by atoms with van der Waals surface area (Å²) < 4.78 is 29.3. The minimum Gasteiger partial charge on any atom is -0.457 e. The van der Waals surface area contributed by atoms with Gasteiger partial charge < -0.3 is 4.74 Å². The molecule has 0 atom stereocenters. The van der Waals surface area contributed by atoms with E-state index in [0.717, 1.165) is 0 Å². The Kier molecular flexibility index (Phi) is 5.14. The highest BCUT2D eigenvalue weighted by molar-refractivity contribution is 7.91. The van der Waals surface area contributed by atoms with Crippen LogP contribution in [0.1, 0.15) is 28.4 Å². The summed E-state index contributed by atoms with van der Waals surface area (Å²) in [5, 5.41) is 9.01. The van der Waals surface area contributed by atoms with Crippen molar-refractivity contribution in [3.05, 3.63) is 65.2 Å². The Morgan fingerprint density at radius 3 is 2.48 bits per heavy atom. The number of ether oxygens (including phenoxy) is 1. The van der Waals surface area contributed by atoms with Crippen molar-refractivity contribution in [3.8, 4) is 6.07 Å². The van der Waals surface area contributed by atoms with Crippen LogP contribution in [0.15, 0.2) is 53.4 Å². The summed E-state index contributed by atoms with van der Waals surface area (Å²) in [6.07, 6.45) is 0. The third-order valence-corrected chi connectivity index (χ3v) is 5.10.